The summed E-state index contributed by atoms with van der Waals surface area (Å²) in [5.41, 5.74) is 4.44. The van der Waals surface area contributed by atoms with E-state index < -0.39 is 0 Å². The van der Waals surface area contributed by atoms with Crippen LogP contribution < -0.4 is 4.90 Å². The van der Waals surface area contributed by atoms with Gasteiger partial charge >= 0.3 is 0 Å². The molecular formula is C27H31N5O. The van der Waals surface area contributed by atoms with Crippen LogP contribution in [0.4, 0.5) is 5.82 Å². The van der Waals surface area contributed by atoms with Crippen molar-refractivity contribution in [3.8, 4) is 0 Å². The molecule has 4 heterocycles. The highest BCUT2D eigenvalue weighted by Crippen LogP contribution is 2.34. The van der Waals surface area contributed by atoms with Gasteiger partial charge in [-0.2, -0.15) is 0 Å². The number of nitrogens with zero attached hydrogens (tertiary/aromatic N) is 5. The molecular weight excluding hydrogens is 410 g/mol. The fourth-order valence-electron chi connectivity index (χ4n) is 5.04. The number of pyridine rings is 1. The molecule has 1 aromatic carbocycles. The summed E-state index contributed by atoms with van der Waals surface area (Å²) in [5.74, 6) is 1.84. The number of carbonyl (C=O) groups excluding carboxylic acids is 1. The second-order valence-corrected chi connectivity index (χ2v) is 9.05. The lowest BCUT2D eigenvalue weighted by Gasteiger charge is -2.36. The van der Waals surface area contributed by atoms with E-state index in [1.807, 2.05) is 41.4 Å². The normalized spacial score (nSPS) is 18.9. The fourth-order valence-corrected chi connectivity index (χ4v) is 5.04. The van der Waals surface area contributed by atoms with Gasteiger partial charge in [0.05, 0.1) is 11.7 Å². The molecule has 5 rings (SSSR count). The second-order valence-electron chi connectivity index (χ2n) is 9.05. The number of piperidine rings is 1. The van der Waals surface area contributed by atoms with Crippen molar-refractivity contribution in [2.45, 2.75) is 58.0 Å². The predicted molar refractivity (Wildman–Crippen MR) is 129 cm³/mol. The molecule has 6 heteroatoms. The van der Waals surface area contributed by atoms with Crippen molar-refractivity contribution in [1.82, 2.24) is 19.9 Å². The number of aromatic nitrogens is 3. The van der Waals surface area contributed by atoms with Gasteiger partial charge in [-0.1, -0.05) is 42.8 Å². The summed E-state index contributed by atoms with van der Waals surface area (Å²) < 4.78 is 0. The van der Waals surface area contributed by atoms with E-state index in [9.17, 15) is 4.79 Å². The molecule has 0 unspecified atom stereocenters. The number of fused-ring (bicyclic) bond motifs is 1. The van der Waals surface area contributed by atoms with Crippen LogP contribution in [0.3, 0.4) is 0 Å². The molecule has 33 heavy (non-hydrogen) atoms. The summed E-state index contributed by atoms with van der Waals surface area (Å²) in [6.07, 6.45) is 7.30. The highest BCUT2D eigenvalue weighted by molar-refractivity contribution is 5.95. The Morgan fingerprint density at radius 2 is 1.85 bits per heavy atom. The number of anilines is 1. The molecule has 1 saturated heterocycles. The Bertz CT molecular complexity index is 1100. The van der Waals surface area contributed by atoms with Crippen LogP contribution in [0.2, 0.25) is 0 Å². The minimum absolute atomic E-state index is 0.151. The van der Waals surface area contributed by atoms with Crippen molar-refractivity contribution in [3.63, 3.8) is 0 Å². The SMILES string of the molecule is Cc1nc([C@@H]2CCCCN2Cc2ccccn2)nc2c1CCC(=O)N2CCc1ccccc1. The Kier molecular flexibility index (Phi) is 6.44. The molecule has 0 bridgehead atoms. The first-order valence-electron chi connectivity index (χ1n) is 12.0. The first-order valence-corrected chi connectivity index (χ1v) is 12.0. The summed E-state index contributed by atoms with van der Waals surface area (Å²) in [6, 6.07) is 16.6. The highest BCUT2D eigenvalue weighted by Gasteiger charge is 2.32. The number of hydrogen-bond donors (Lipinski definition) is 0. The van der Waals surface area contributed by atoms with E-state index in [1.165, 1.54) is 18.4 Å². The maximum atomic E-state index is 12.9. The number of amides is 1. The molecule has 0 saturated carbocycles. The molecule has 1 atom stereocenters. The Hall–Kier alpha value is -3.12. The van der Waals surface area contributed by atoms with Crippen LogP contribution in [-0.2, 0) is 24.2 Å². The van der Waals surface area contributed by atoms with Gasteiger partial charge in [-0.3, -0.25) is 19.6 Å². The van der Waals surface area contributed by atoms with E-state index in [0.717, 1.165) is 60.9 Å². The van der Waals surface area contributed by atoms with E-state index in [1.54, 1.807) is 0 Å². The Labute approximate surface area is 195 Å². The second kappa shape index (κ2) is 9.79. The van der Waals surface area contributed by atoms with Crippen molar-refractivity contribution in [2.24, 2.45) is 0 Å². The van der Waals surface area contributed by atoms with E-state index in [4.69, 9.17) is 9.97 Å². The van der Waals surface area contributed by atoms with Crippen LogP contribution in [0.5, 0.6) is 0 Å². The first-order chi connectivity index (χ1) is 16.2. The third-order valence-corrected chi connectivity index (χ3v) is 6.82. The smallest absolute Gasteiger partial charge is 0.228 e. The lowest BCUT2D eigenvalue weighted by molar-refractivity contribution is -0.118. The molecule has 1 amide bonds. The van der Waals surface area contributed by atoms with Crippen molar-refractivity contribution in [1.29, 1.82) is 0 Å². The zero-order valence-electron chi connectivity index (χ0n) is 19.3. The Morgan fingerprint density at radius 1 is 1.00 bits per heavy atom. The predicted octanol–water partition coefficient (Wildman–Crippen LogP) is 4.43. The standard InChI is InChI=1S/C27H31N5O/c1-20-23-13-14-25(33)32(18-15-21-9-3-2-4-10-21)27(23)30-26(29-20)24-12-6-8-17-31(24)19-22-11-5-7-16-28-22/h2-5,7,9-11,16,24H,6,8,12-15,17-19H2,1H3/t24-/m0/s1. The summed E-state index contributed by atoms with van der Waals surface area (Å²) in [5, 5.41) is 0. The van der Waals surface area contributed by atoms with Crippen molar-refractivity contribution >= 4 is 11.7 Å². The fraction of sp³-hybridized carbons (Fsp3) is 0.407. The van der Waals surface area contributed by atoms with Crippen LogP contribution in [-0.4, -0.2) is 38.8 Å². The van der Waals surface area contributed by atoms with Crippen LogP contribution in [0, 0.1) is 6.92 Å². The topological polar surface area (TPSA) is 62.2 Å². The number of likely N-dealkylation sites (tertiary alicyclic amines) is 1. The minimum Gasteiger partial charge on any atom is -0.296 e. The average molecular weight is 442 g/mol. The third kappa shape index (κ3) is 4.81. The Morgan fingerprint density at radius 3 is 2.67 bits per heavy atom. The van der Waals surface area contributed by atoms with Crippen LogP contribution in [0.1, 0.15) is 60.1 Å². The van der Waals surface area contributed by atoms with Gasteiger partial charge in [-0.15, -0.1) is 0 Å². The van der Waals surface area contributed by atoms with Crippen LogP contribution in [0.25, 0.3) is 0 Å². The van der Waals surface area contributed by atoms with Gasteiger partial charge in [-0.25, -0.2) is 9.97 Å². The molecule has 2 aliphatic rings. The lowest BCUT2D eigenvalue weighted by Crippen LogP contribution is -2.39. The Balaban J connectivity index is 1.43. The van der Waals surface area contributed by atoms with Gasteiger partial charge in [0.15, 0.2) is 0 Å². The van der Waals surface area contributed by atoms with E-state index in [2.05, 4.69) is 35.0 Å². The van der Waals surface area contributed by atoms with Gasteiger partial charge in [-0.05, 0) is 56.8 Å². The molecule has 1 fully saturated rings. The molecule has 6 nitrogen and oxygen atoms in total. The molecule has 0 spiro atoms. The van der Waals surface area contributed by atoms with Gasteiger partial charge in [0.1, 0.15) is 11.6 Å². The van der Waals surface area contributed by atoms with Crippen LogP contribution >= 0.6 is 0 Å². The van der Waals surface area contributed by atoms with Crippen LogP contribution in [0.15, 0.2) is 54.7 Å². The maximum absolute atomic E-state index is 12.9. The zero-order chi connectivity index (χ0) is 22.6. The molecule has 3 aromatic rings. The van der Waals surface area contributed by atoms with Crippen molar-refractivity contribution in [3.05, 3.63) is 83.1 Å². The van der Waals surface area contributed by atoms with Gasteiger partial charge in [0, 0.05) is 37.0 Å². The summed E-state index contributed by atoms with van der Waals surface area (Å²) in [6.45, 7) is 4.52. The number of rotatable bonds is 6. The molecule has 2 aliphatic heterocycles. The zero-order valence-corrected chi connectivity index (χ0v) is 19.3. The number of aryl methyl sites for hydroxylation is 1. The van der Waals surface area contributed by atoms with Gasteiger partial charge < -0.3 is 0 Å². The summed E-state index contributed by atoms with van der Waals surface area (Å²) in [7, 11) is 0. The van der Waals surface area contributed by atoms with Crippen molar-refractivity contribution in [2.75, 3.05) is 18.0 Å². The molecule has 170 valence electrons. The van der Waals surface area contributed by atoms with Gasteiger partial charge in [0.25, 0.3) is 0 Å². The average Bonchev–Trinajstić information content (AvgIpc) is 2.85. The number of benzene rings is 1. The molecule has 0 N–H and O–H groups in total. The summed E-state index contributed by atoms with van der Waals surface area (Å²) in [4.78, 5) is 31.8. The largest absolute Gasteiger partial charge is 0.296 e. The third-order valence-electron chi connectivity index (χ3n) is 6.82. The molecule has 0 aliphatic carbocycles. The maximum Gasteiger partial charge on any atom is 0.228 e. The molecule has 0 radical (unpaired) electrons. The van der Waals surface area contributed by atoms with Gasteiger partial charge in [0.2, 0.25) is 5.91 Å². The quantitative estimate of drug-likeness (QED) is 0.566. The van der Waals surface area contributed by atoms with Crippen molar-refractivity contribution < 1.29 is 4.79 Å². The van der Waals surface area contributed by atoms with E-state index >= 15 is 0 Å². The monoisotopic (exact) mass is 441 g/mol. The van der Waals surface area contributed by atoms with E-state index in [-0.39, 0.29) is 11.9 Å². The number of carbonyl (C=O) groups is 1. The first kappa shape index (κ1) is 21.7. The summed E-state index contributed by atoms with van der Waals surface area (Å²) >= 11 is 0. The van der Waals surface area contributed by atoms with E-state index in [0.29, 0.717) is 13.0 Å². The number of hydrogen-bond acceptors (Lipinski definition) is 5. The molecule has 2 aromatic heterocycles. The lowest BCUT2D eigenvalue weighted by atomic mass is 9.99. The highest BCUT2D eigenvalue weighted by atomic mass is 16.2. The minimum atomic E-state index is 0.151.